The molecule has 0 bridgehead atoms. The van der Waals surface area contributed by atoms with Crippen molar-refractivity contribution in [3.63, 3.8) is 0 Å². The summed E-state index contributed by atoms with van der Waals surface area (Å²) in [4.78, 5) is 24.5. The van der Waals surface area contributed by atoms with Crippen molar-refractivity contribution in [2.24, 2.45) is 5.92 Å². The zero-order chi connectivity index (χ0) is 20.6. The highest BCUT2D eigenvalue weighted by atomic mass is 16.5. The van der Waals surface area contributed by atoms with E-state index in [1.807, 2.05) is 44.2 Å². The van der Waals surface area contributed by atoms with Crippen LogP contribution in [0.4, 0.5) is 0 Å². The molecule has 1 N–H and O–H groups in total. The molecule has 0 heterocycles. The predicted octanol–water partition coefficient (Wildman–Crippen LogP) is 3.48. The van der Waals surface area contributed by atoms with Crippen molar-refractivity contribution in [2.45, 2.75) is 32.9 Å². The van der Waals surface area contributed by atoms with Crippen LogP contribution in [0.2, 0.25) is 0 Å². The van der Waals surface area contributed by atoms with Crippen LogP contribution in [0.5, 0.6) is 5.75 Å². The Kier molecular flexibility index (Phi) is 7.16. The lowest BCUT2D eigenvalue weighted by atomic mass is 9.90. The van der Waals surface area contributed by atoms with Crippen LogP contribution in [-0.2, 0) is 16.1 Å². The normalized spacial score (nSPS) is 12.5. The molecule has 1 amide bonds. The molecular formula is C22H24N2O4. The second kappa shape index (κ2) is 9.56. The highest BCUT2D eigenvalue weighted by Crippen LogP contribution is 2.20. The monoisotopic (exact) mass is 380 g/mol. The third-order valence-corrected chi connectivity index (χ3v) is 4.46. The molecule has 0 saturated carbocycles. The SMILES string of the molecule is CC(C)[C@](C)(C#N)NC(=O)COC(=O)c1ccccc1OCc1ccccc1. The number of hydrogen-bond donors (Lipinski definition) is 1. The van der Waals surface area contributed by atoms with Crippen molar-refractivity contribution in [2.75, 3.05) is 6.61 Å². The molecule has 6 nitrogen and oxygen atoms in total. The van der Waals surface area contributed by atoms with Gasteiger partial charge >= 0.3 is 5.97 Å². The minimum absolute atomic E-state index is 0.0933. The molecule has 2 aromatic carbocycles. The molecule has 146 valence electrons. The number of nitrogens with zero attached hydrogens (tertiary/aromatic N) is 1. The van der Waals surface area contributed by atoms with Gasteiger partial charge in [0.25, 0.3) is 5.91 Å². The Bertz CT molecular complexity index is 858. The maximum atomic E-state index is 12.4. The largest absolute Gasteiger partial charge is 0.488 e. The molecule has 0 spiro atoms. The van der Waals surface area contributed by atoms with E-state index in [1.165, 1.54) is 0 Å². The number of carbonyl (C=O) groups is 2. The summed E-state index contributed by atoms with van der Waals surface area (Å²) in [5.41, 5.74) is 0.174. The van der Waals surface area contributed by atoms with Crippen LogP contribution in [0.25, 0.3) is 0 Å². The first kappa shape index (κ1) is 21.0. The number of carbonyl (C=O) groups excluding carboxylic acids is 2. The van der Waals surface area contributed by atoms with E-state index >= 15 is 0 Å². The van der Waals surface area contributed by atoms with Crippen molar-refractivity contribution >= 4 is 11.9 Å². The maximum absolute atomic E-state index is 12.4. The second-order valence-electron chi connectivity index (χ2n) is 6.86. The second-order valence-corrected chi connectivity index (χ2v) is 6.86. The van der Waals surface area contributed by atoms with E-state index in [-0.39, 0.29) is 11.5 Å². The first-order valence-corrected chi connectivity index (χ1v) is 9.01. The van der Waals surface area contributed by atoms with Crippen molar-refractivity contribution in [3.8, 4) is 11.8 Å². The smallest absolute Gasteiger partial charge is 0.342 e. The summed E-state index contributed by atoms with van der Waals surface area (Å²) in [6.07, 6.45) is 0. The Morgan fingerprint density at radius 3 is 2.39 bits per heavy atom. The third kappa shape index (κ3) is 5.58. The number of rotatable bonds is 8. The van der Waals surface area contributed by atoms with Gasteiger partial charge in [-0.05, 0) is 30.5 Å². The average Bonchev–Trinajstić information content (AvgIpc) is 2.71. The van der Waals surface area contributed by atoms with Crippen LogP contribution in [0.15, 0.2) is 54.6 Å². The first-order valence-electron chi connectivity index (χ1n) is 9.01. The molecule has 0 fully saturated rings. The van der Waals surface area contributed by atoms with Gasteiger partial charge in [0.15, 0.2) is 6.61 Å². The Balaban J connectivity index is 1.97. The van der Waals surface area contributed by atoms with Crippen molar-refractivity contribution < 1.29 is 19.1 Å². The van der Waals surface area contributed by atoms with Crippen LogP contribution in [-0.4, -0.2) is 24.0 Å². The van der Waals surface area contributed by atoms with E-state index in [0.717, 1.165) is 5.56 Å². The molecule has 0 unspecified atom stereocenters. The Morgan fingerprint density at radius 2 is 1.75 bits per heavy atom. The maximum Gasteiger partial charge on any atom is 0.342 e. The van der Waals surface area contributed by atoms with Crippen molar-refractivity contribution in [1.82, 2.24) is 5.32 Å². The number of esters is 1. The summed E-state index contributed by atoms with van der Waals surface area (Å²) in [6, 6.07) is 18.3. The zero-order valence-electron chi connectivity index (χ0n) is 16.3. The molecule has 6 heteroatoms. The van der Waals surface area contributed by atoms with Crippen molar-refractivity contribution in [1.29, 1.82) is 5.26 Å². The van der Waals surface area contributed by atoms with E-state index in [2.05, 4.69) is 11.4 Å². The Morgan fingerprint density at radius 1 is 1.11 bits per heavy atom. The summed E-state index contributed by atoms with van der Waals surface area (Å²) in [5, 5.41) is 11.9. The van der Waals surface area contributed by atoms with Gasteiger partial charge in [-0.15, -0.1) is 0 Å². The molecule has 2 rings (SSSR count). The van der Waals surface area contributed by atoms with E-state index in [4.69, 9.17) is 9.47 Å². The van der Waals surface area contributed by atoms with Crippen LogP contribution in [0, 0.1) is 17.2 Å². The van der Waals surface area contributed by atoms with Gasteiger partial charge in [0, 0.05) is 0 Å². The van der Waals surface area contributed by atoms with E-state index in [1.54, 1.807) is 31.2 Å². The van der Waals surface area contributed by atoms with E-state index in [9.17, 15) is 14.9 Å². The molecule has 0 radical (unpaired) electrons. The fourth-order valence-corrected chi connectivity index (χ4v) is 2.33. The Hall–Kier alpha value is -3.33. The molecule has 28 heavy (non-hydrogen) atoms. The highest BCUT2D eigenvalue weighted by Gasteiger charge is 2.30. The van der Waals surface area contributed by atoms with Gasteiger partial charge in [0.2, 0.25) is 0 Å². The molecule has 0 aliphatic carbocycles. The third-order valence-electron chi connectivity index (χ3n) is 4.46. The molecule has 0 saturated heterocycles. The van der Waals surface area contributed by atoms with Gasteiger partial charge in [-0.1, -0.05) is 56.3 Å². The molecule has 0 aliphatic heterocycles. The van der Waals surface area contributed by atoms with Gasteiger partial charge in [0.1, 0.15) is 23.5 Å². The van der Waals surface area contributed by atoms with Crippen LogP contribution in [0.3, 0.4) is 0 Å². The molecule has 0 aliphatic rings. The highest BCUT2D eigenvalue weighted by molar-refractivity contribution is 5.94. The summed E-state index contributed by atoms with van der Waals surface area (Å²) >= 11 is 0. The predicted molar refractivity (Wildman–Crippen MR) is 104 cm³/mol. The van der Waals surface area contributed by atoms with Crippen LogP contribution in [0.1, 0.15) is 36.7 Å². The minimum atomic E-state index is -1.03. The van der Waals surface area contributed by atoms with Crippen LogP contribution >= 0.6 is 0 Å². The lowest BCUT2D eigenvalue weighted by molar-refractivity contribution is -0.125. The van der Waals surface area contributed by atoms with Gasteiger partial charge in [-0.2, -0.15) is 5.26 Å². The number of para-hydroxylation sites is 1. The Labute approximate surface area is 165 Å². The number of ether oxygens (including phenoxy) is 2. The van der Waals surface area contributed by atoms with Gasteiger partial charge in [0.05, 0.1) is 6.07 Å². The van der Waals surface area contributed by atoms with Crippen LogP contribution < -0.4 is 10.1 Å². The number of amides is 1. The summed E-state index contributed by atoms with van der Waals surface area (Å²) in [6.45, 7) is 5.12. The molecule has 1 atom stereocenters. The molecule has 0 aromatic heterocycles. The molecule has 2 aromatic rings. The summed E-state index contributed by atoms with van der Waals surface area (Å²) in [7, 11) is 0. The molecular weight excluding hydrogens is 356 g/mol. The average molecular weight is 380 g/mol. The number of nitrogens with one attached hydrogen (secondary N) is 1. The zero-order valence-corrected chi connectivity index (χ0v) is 16.3. The minimum Gasteiger partial charge on any atom is -0.488 e. The number of nitriles is 1. The number of benzene rings is 2. The van der Waals surface area contributed by atoms with Crippen molar-refractivity contribution in [3.05, 3.63) is 65.7 Å². The number of hydrogen-bond acceptors (Lipinski definition) is 5. The van der Waals surface area contributed by atoms with Gasteiger partial charge in [-0.3, -0.25) is 4.79 Å². The lowest BCUT2D eigenvalue weighted by Crippen LogP contribution is -2.50. The standard InChI is InChI=1S/C22H24N2O4/c1-16(2)22(3,15-23)24-20(25)14-28-21(26)18-11-7-8-12-19(18)27-13-17-9-5-4-6-10-17/h4-12,16H,13-14H2,1-3H3,(H,24,25)/t22-/m0/s1. The fraction of sp³-hybridized carbons (Fsp3) is 0.318. The van der Waals surface area contributed by atoms with E-state index < -0.39 is 24.0 Å². The lowest BCUT2D eigenvalue weighted by Gasteiger charge is -2.27. The van der Waals surface area contributed by atoms with E-state index in [0.29, 0.717) is 12.4 Å². The quantitative estimate of drug-likeness (QED) is 0.709. The fourth-order valence-electron chi connectivity index (χ4n) is 2.33. The van der Waals surface area contributed by atoms with Gasteiger partial charge < -0.3 is 14.8 Å². The van der Waals surface area contributed by atoms with Gasteiger partial charge in [-0.25, -0.2) is 4.79 Å². The summed E-state index contributed by atoms with van der Waals surface area (Å²) in [5.74, 6) is -0.916. The first-order chi connectivity index (χ1) is 13.4. The summed E-state index contributed by atoms with van der Waals surface area (Å²) < 4.78 is 10.8. The topological polar surface area (TPSA) is 88.4 Å².